The molecule has 1 saturated heterocycles. The van der Waals surface area contributed by atoms with Crippen molar-refractivity contribution in [2.75, 3.05) is 43.9 Å². The number of pyridine rings is 1. The van der Waals surface area contributed by atoms with E-state index in [2.05, 4.69) is 32.5 Å². The Morgan fingerprint density at radius 3 is 2.61 bits per heavy atom. The maximum absolute atomic E-state index is 12.8. The summed E-state index contributed by atoms with van der Waals surface area (Å²) in [7, 11) is 2.17. The van der Waals surface area contributed by atoms with Crippen LogP contribution >= 0.6 is 0 Å². The molecule has 36 heavy (non-hydrogen) atoms. The third kappa shape index (κ3) is 7.34. The normalized spacial score (nSPS) is 14.9. The zero-order chi connectivity index (χ0) is 25.3. The van der Waals surface area contributed by atoms with Crippen LogP contribution in [0.4, 0.5) is 11.4 Å². The Bertz CT molecular complexity index is 1210. The highest BCUT2D eigenvalue weighted by atomic mass is 16.2. The largest absolute Gasteiger partial charge is 0.322 e. The molecule has 2 N–H and O–H groups in total. The van der Waals surface area contributed by atoms with Gasteiger partial charge in [0, 0.05) is 55.0 Å². The molecule has 1 aromatic heterocycles. The molecule has 1 fully saturated rings. The van der Waals surface area contributed by atoms with E-state index in [4.69, 9.17) is 0 Å². The van der Waals surface area contributed by atoms with Gasteiger partial charge in [-0.1, -0.05) is 24.3 Å². The fraction of sp³-hybridized carbons (Fsp3) is 0.276. The number of benzene rings is 2. The summed E-state index contributed by atoms with van der Waals surface area (Å²) in [6, 6.07) is 17.0. The van der Waals surface area contributed by atoms with E-state index in [1.54, 1.807) is 24.5 Å². The number of amides is 2. The van der Waals surface area contributed by atoms with E-state index in [1.165, 1.54) is 18.1 Å². The molecule has 0 unspecified atom stereocenters. The highest BCUT2D eigenvalue weighted by Gasteiger charge is 2.13. The first kappa shape index (κ1) is 25.3. The highest BCUT2D eigenvalue weighted by Crippen LogP contribution is 2.21. The van der Waals surface area contributed by atoms with Gasteiger partial charge in [-0.3, -0.25) is 19.5 Å². The topological polar surface area (TPSA) is 77.6 Å². The van der Waals surface area contributed by atoms with E-state index in [-0.39, 0.29) is 11.8 Å². The molecule has 186 valence electrons. The van der Waals surface area contributed by atoms with Gasteiger partial charge in [0.05, 0.1) is 0 Å². The van der Waals surface area contributed by atoms with E-state index in [1.807, 2.05) is 55.5 Å². The molecule has 2 amide bonds. The van der Waals surface area contributed by atoms with Crippen LogP contribution in [0.25, 0.3) is 6.08 Å². The minimum atomic E-state index is -0.253. The molecule has 0 saturated carbocycles. The molecule has 2 heterocycles. The Hall–Kier alpha value is -3.81. The molecule has 4 rings (SSSR count). The predicted octanol–water partition coefficient (Wildman–Crippen LogP) is 4.43. The molecule has 0 aliphatic carbocycles. The van der Waals surface area contributed by atoms with Gasteiger partial charge in [-0.2, -0.15) is 0 Å². The Morgan fingerprint density at radius 1 is 1.00 bits per heavy atom. The van der Waals surface area contributed by atoms with Gasteiger partial charge in [0.2, 0.25) is 5.91 Å². The summed E-state index contributed by atoms with van der Waals surface area (Å²) in [4.78, 5) is 34.1. The van der Waals surface area contributed by atoms with E-state index in [0.29, 0.717) is 16.9 Å². The maximum Gasteiger partial charge on any atom is 0.255 e. The fourth-order valence-electron chi connectivity index (χ4n) is 4.14. The van der Waals surface area contributed by atoms with Crippen molar-refractivity contribution in [2.45, 2.75) is 19.9 Å². The van der Waals surface area contributed by atoms with Crippen LogP contribution in [0.15, 0.2) is 73.1 Å². The first-order valence-electron chi connectivity index (χ1n) is 12.3. The second-order valence-electron chi connectivity index (χ2n) is 9.22. The Kier molecular flexibility index (Phi) is 8.60. The van der Waals surface area contributed by atoms with Crippen molar-refractivity contribution in [3.63, 3.8) is 0 Å². The van der Waals surface area contributed by atoms with Crippen LogP contribution in [0.3, 0.4) is 0 Å². The predicted molar refractivity (Wildman–Crippen MR) is 145 cm³/mol. The van der Waals surface area contributed by atoms with E-state index < -0.39 is 0 Å². The lowest BCUT2D eigenvalue weighted by Gasteiger charge is -2.20. The summed E-state index contributed by atoms with van der Waals surface area (Å²) in [5, 5.41) is 5.82. The van der Waals surface area contributed by atoms with Gasteiger partial charge in [-0.05, 0) is 86.6 Å². The van der Waals surface area contributed by atoms with Crippen molar-refractivity contribution in [2.24, 2.45) is 0 Å². The number of carbonyl (C=O) groups is 2. The van der Waals surface area contributed by atoms with E-state index in [9.17, 15) is 9.59 Å². The quantitative estimate of drug-likeness (QED) is 0.486. The summed E-state index contributed by atoms with van der Waals surface area (Å²) in [6.45, 7) is 7.18. The van der Waals surface area contributed by atoms with E-state index >= 15 is 0 Å². The van der Waals surface area contributed by atoms with Gasteiger partial charge in [0.15, 0.2) is 0 Å². The third-order valence-electron chi connectivity index (χ3n) is 6.30. The number of anilines is 2. The van der Waals surface area contributed by atoms with E-state index in [0.717, 1.165) is 43.9 Å². The first-order valence-corrected chi connectivity index (χ1v) is 12.3. The van der Waals surface area contributed by atoms with Gasteiger partial charge in [0.25, 0.3) is 5.91 Å². The number of nitrogens with zero attached hydrogens (tertiary/aromatic N) is 3. The molecule has 1 aliphatic heterocycles. The zero-order valence-corrected chi connectivity index (χ0v) is 20.9. The Morgan fingerprint density at radius 2 is 1.83 bits per heavy atom. The van der Waals surface area contributed by atoms with Crippen LogP contribution in [-0.4, -0.2) is 59.8 Å². The van der Waals surface area contributed by atoms with Gasteiger partial charge in [-0.25, -0.2) is 0 Å². The van der Waals surface area contributed by atoms with Crippen molar-refractivity contribution in [3.05, 3.63) is 95.3 Å². The fourth-order valence-corrected chi connectivity index (χ4v) is 4.14. The van der Waals surface area contributed by atoms with Crippen molar-refractivity contribution in [1.82, 2.24) is 14.8 Å². The van der Waals surface area contributed by atoms with Crippen molar-refractivity contribution in [1.29, 1.82) is 0 Å². The third-order valence-corrected chi connectivity index (χ3v) is 6.30. The average molecular weight is 484 g/mol. The van der Waals surface area contributed by atoms with Crippen LogP contribution < -0.4 is 10.6 Å². The maximum atomic E-state index is 12.8. The number of likely N-dealkylation sites (N-methyl/N-ethyl adjacent to an activating group) is 1. The molecule has 2 aromatic carbocycles. The first-order chi connectivity index (χ1) is 17.5. The molecule has 0 bridgehead atoms. The van der Waals surface area contributed by atoms with Gasteiger partial charge in [-0.15, -0.1) is 0 Å². The lowest BCUT2D eigenvalue weighted by Crippen LogP contribution is -2.28. The van der Waals surface area contributed by atoms with Gasteiger partial charge < -0.3 is 15.5 Å². The minimum Gasteiger partial charge on any atom is -0.322 e. The Balaban J connectivity index is 1.34. The molecule has 0 atom stereocenters. The molecular formula is C29H33N5O2. The summed E-state index contributed by atoms with van der Waals surface area (Å²) < 4.78 is 0. The number of carbonyl (C=O) groups excluding carboxylic acids is 2. The summed E-state index contributed by atoms with van der Waals surface area (Å²) in [6.07, 6.45) is 7.72. The number of hydrogen-bond donors (Lipinski definition) is 2. The number of hydrogen-bond acceptors (Lipinski definition) is 5. The van der Waals surface area contributed by atoms with Crippen molar-refractivity contribution >= 4 is 29.3 Å². The number of nitrogens with one attached hydrogen (secondary N) is 2. The number of aromatic nitrogens is 1. The molecule has 7 nitrogen and oxygen atoms in total. The van der Waals surface area contributed by atoms with Gasteiger partial charge >= 0.3 is 0 Å². The molecule has 0 spiro atoms. The number of rotatable bonds is 7. The molecular weight excluding hydrogens is 450 g/mol. The zero-order valence-electron chi connectivity index (χ0n) is 20.9. The standard InChI is InChI=1S/C29H33N5O2/c1-22-6-12-26(19-27(22)32-28(35)13-9-23-5-3-14-30-20-23)31-29(36)25-10-7-24(8-11-25)21-34-16-4-15-33(2)17-18-34/h3,5-14,19-20H,4,15-18,21H2,1-2H3,(H,31,36)(H,32,35). The molecule has 0 radical (unpaired) electrons. The monoisotopic (exact) mass is 483 g/mol. The summed E-state index contributed by atoms with van der Waals surface area (Å²) in [5.74, 6) is -0.437. The van der Waals surface area contributed by atoms with Crippen LogP contribution in [-0.2, 0) is 11.3 Å². The smallest absolute Gasteiger partial charge is 0.255 e. The second kappa shape index (κ2) is 12.2. The lowest BCUT2D eigenvalue weighted by molar-refractivity contribution is -0.111. The highest BCUT2D eigenvalue weighted by molar-refractivity contribution is 6.05. The molecule has 1 aliphatic rings. The second-order valence-corrected chi connectivity index (χ2v) is 9.22. The van der Waals surface area contributed by atoms with Gasteiger partial charge in [0.1, 0.15) is 0 Å². The summed E-state index contributed by atoms with van der Waals surface area (Å²) >= 11 is 0. The minimum absolute atomic E-state index is 0.185. The van der Waals surface area contributed by atoms with Crippen LogP contribution in [0.5, 0.6) is 0 Å². The van der Waals surface area contributed by atoms with Crippen LogP contribution in [0.1, 0.15) is 33.5 Å². The Labute approximate surface area is 212 Å². The molecule has 3 aromatic rings. The van der Waals surface area contributed by atoms with Crippen LogP contribution in [0.2, 0.25) is 0 Å². The lowest BCUT2D eigenvalue weighted by atomic mass is 10.1. The van der Waals surface area contributed by atoms with Crippen molar-refractivity contribution in [3.8, 4) is 0 Å². The molecule has 7 heteroatoms. The van der Waals surface area contributed by atoms with Crippen LogP contribution in [0, 0.1) is 6.92 Å². The van der Waals surface area contributed by atoms with Crippen molar-refractivity contribution < 1.29 is 9.59 Å². The number of aryl methyl sites for hydroxylation is 1. The average Bonchev–Trinajstić information content (AvgIpc) is 3.09. The summed E-state index contributed by atoms with van der Waals surface area (Å²) in [5.41, 5.74) is 4.81. The SMILES string of the molecule is Cc1ccc(NC(=O)c2ccc(CN3CCCN(C)CC3)cc2)cc1NC(=O)C=Cc1cccnc1.